The first-order valence-corrected chi connectivity index (χ1v) is 4.07. The molecule has 15 heavy (non-hydrogen) atoms. The lowest BCUT2D eigenvalue weighted by atomic mass is 10.2. The number of methoxy groups -OCH3 is 1. The van der Waals surface area contributed by atoms with Crippen LogP contribution in [-0.2, 0) is 4.74 Å². The number of aromatic nitrogens is 1. The summed E-state index contributed by atoms with van der Waals surface area (Å²) in [7, 11) is 0.998. The summed E-state index contributed by atoms with van der Waals surface area (Å²) < 4.78 is 42.1. The maximum absolute atomic E-state index is 13.3. The van der Waals surface area contributed by atoms with Crippen LogP contribution >= 0.6 is 11.6 Å². The molecule has 1 heterocycles. The highest BCUT2D eigenvalue weighted by Gasteiger charge is 2.25. The van der Waals surface area contributed by atoms with Crippen LogP contribution in [-0.4, -0.2) is 18.1 Å². The van der Waals surface area contributed by atoms with Gasteiger partial charge in [-0.1, -0.05) is 11.6 Å². The molecule has 0 amide bonds. The van der Waals surface area contributed by atoms with E-state index in [1.54, 1.807) is 0 Å². The van der Waals surface area contributed by atoms with E-state index in [9.17, 15) is 18.0 Å². The van der Waals surface area contributed by atoms with Gasteiger partial charge in [0, 0.05) is 6.20 Å². The summed E-state index contributed by atoms with van der Waals surface area (Å²) >= 11 is 5.26. The second-order valence-corrected chi connectivity index (χ2v) is 2.84. The number of carbonyl (C=O) groups excluding carboxylic acids is 1. The van der Waals surface area contributed by atoms with Gasteiger partial charge in [0.15, 0.2) is 5.82 Å². The van der Waals surface area contributed by atoms with Crippen molar-refractivity contribution in [3.05, 3.63) is 28.3 Å². The fraction of sp³-hybridized carbons (Fsp3) is 0.250. The van der Waals surface area contributed by atoms with E-state index in [0.29, 0.717) is 0 Å². The van der Waals surface area contributed by atoms with Crippen LogP contribution in [0, 0.1) is 5.82 Å². The first kappa shape index (κ1) is 11.8. The zero-order valence-corrected chi connectivity index (χ0v) is 8.19. The summed E-state index contributed by atoms with van der Waals surface area (Å²) in [6, 6.07) is 0. The van der Waals surface area contributed by atoms with Gasteiger partial charge in [0.05, 0.1) is 12.7 Å². The van der Waals surface area contributed by atoms with Gasteiger partial charge in [-0.2, -0.15) is 0 Å². The molecule has 0 radical (unpaired) electrons. The summed E-state index contributed by atoms with van der Waals surface area (Å²) in [5.41, 5.74) is -1.77. The Hall–Kier alpha value is -1.30. The lowest BCUT2D eigenvalue weighted by molar-refractivity contribution is 0.0593. The van der Waals surface area contributed by atoms with E-state index >= 15 is 0 Å². The summed E-state index contributed by atoms with van der Waals surface area (Å²) in [5, 5.41) is -0.671. The monoisotopic (exact) mass is 239 g/mol. The molecule has 0 fully saturated rings. The van der Waals surface area contributed by atoms with Crippen molar-refractivity contribution >= 4 is 17.6 Å². The molecule has 0 bridgehead atoms. The van der Waals surface area contributed by atoms with Gasteiger partial charge in [-0.3, -0.25) is 0 Å². The van der Waals surface area contributed by atoms with Crippen LogP contribution < -0.4 is 0 Å². The number of nitrogens with zero attached hydrogens (tertiary/aromatic N) is 1. The number of ether oxygens (including phenoxy) is 1. The molecule has 0 saturated carbocycles. The maximum Gasteiger partial charge on any atom is 0.342 e. The Morgan fingerprint density at radius 1 is 1.60 bits per heavy atom. The topological polar surface area (TPSA) is 39.2 Å². The largest absolute Gasteiger partial charge is 0.465 e. The highest BCUT2D eigenvalue weighted by atomic mass is 35.5. The maximum atomic E-state index is 13.3. The molecule has 0 N–H and O–H groups in total. The Morgan fingerprint density at radius 3 is 2.67 bits per heavy atom. The minimum absolute atomic E-state index is 0.669. The van der Waals surface area contributed by atoms with Crippen LogP contribution in [0.4, 0.5) is 13.2 Å². The summed E-state index contributed by atoms with van der Waals surface area (Å²) in [6.45, 7) is 0. The number of pyridine rings is 1. The summed E-state index contributed by atoms with van der Waals surface area (Å²) in [5.74, 6) is -2.49. The van der Waals surface area contributed by atoms with E-state index in [1.165, 1.54) is 0 Å². The van der Waals surface area contributed by atoms with Crippen molar-refractivity contribution in [2.75, 3.05) is 7.11 Å². The fourth-order valence-corrected chi connectivity index (χ4v) is 1.14. The molecule has 0 atom stereocenters. The van der Waals surface area contributed by atoms with Crippen LogP contribution in [0.15, 0.2) is 6.20 Å². The Balaban J connectivity index is 3.35. The Bertz CT molecular complexity index is 398. The second-order valence-electron chi connectivity index (χ2n) is 2.48. The number of halogens is 4. The standard InChI is InChI=1S/C8H5ClF3NO2/c1-15-8(14)3-2-13-6(9)4(5(3)10)7(11)12/h2,7H,1H3. The van der Waals surface area contributed by atoms with Crippen molar-refractivity contribution in [3.63, 3.8) is 0 Å². The smallest absolute Gasteiger partial charge is 0.342 e. The van der Waals surface area contributed by atoms with E-state index in [1.807, 2.05) is 0 Å². The first-order valence-electron chi connectivity index (χ1n) is 3.69. The molecule has 82 valence electrons. The summed E-state index contributed by atoms with van der Waals surface area (Å²) in [6.07, 6.45) is -2.40. The van der Waals surface area contributed by atoms with E-state index < -0.39 is 34.5 Å². The van der Waals surface area contributed by atoms with Gasteiger partial charge >= 0.3 is 5.97 Å². The predicted molar refractivity (Wildman–Crippen MR) is 45.5 cm³/mol. The lowest BCUT2D eigenvalue weighted by Crippen LogP contribution is -2.08. The van der Waals surface area contributed by atoms with Crippen molar-refractivity contribution in [1.82, 2.24) is 4.98 Å². The van der Waals surface area contributed by atoms with Gasteiger partial charge in [-0.15, -0.1) is 0 Å². The normalized spacial score (nSPS) is 10.5. The summed E-state index contributed by atoms with van der Waals surface area (Å²) in [4.78, 5) is 14.2. The Kier molecular flexibility index (Phi) is 3.52. The molecule has 0 saturated heterocycles. The van der Waals surface area contributed by atoms with Crippen molar-refractivity contribution in [2.45, 2.75) is 6.43 Å². The van der Waals surface area contributed by atoms with Gasteiger partial charge in [0.2, 0.25) is 0 Å². The lowest BCUT2D eigenvalue weighted by Gasteiger charge is -2.07. The van der Waals surface area contributed by atoms with E-state index in [4.69, 9.17) is 11.6 Å². The zero-order chi connectivity index (χ0) is 11.6. The van der Waals surface area contributed by atoms with Crippen molar-refractivity contribution in [1.29, 1.82) is 0 Å². The number of hydrogen-bond donors (Lipinski definition) is 0. The van der Waals surface area contributed by atoms with E-state index in [2.05, 4.69) is 9.72 Å². The van der Waals surface area contributed by atoms with Crippen molar-refractivity contribution in [3.8, 4) is 0 Å². The van der Waals surface area contributed by atoms with Gasteiger partial charge in [-0.05, 0) is 0 Å². The van der Waals surface area contributed by atoms with Gasteiger partial charge in [0.1, 0.15) is 10.7 Å². The Labute approximate surface area is 87.8 Å². The van der Waals surface area contributed by atoms with Crippen molar-refractivity contribution in [2.24, 2.45) is 0 Å². The quantitative estimate of drug-likeness (QED) is 0.588. The highest BCUT2D eigenvalue weighted by molar-refractivity contribution is 6.30. The van der Waals surface area contributed by atoms with E-state index in [-0.39, 0.29) is 0 Å². The molecule has 7 heteroatoms. The minimum atomic E-state index is -3.14. The second kappa shape index (κ2) is 4.48. The molecule has 0 spiro atoms. The number of hydrogen-bond acceptors (Lipinski definition) is 3. The number of esters is 1. The Morgan fingerprint density at radius 2 is 2.20 bits per heavy atom. The van der Waals surface area contributed by atoms with Gasteiger partial charge < -0.3 is 4.74 Å². The van der Waals surface area contributed by atoms with Crippen LogP contribution in [0.2, 0.25) is 5.15 Å². The van der Waals surface area contributed by atoms with Gasteiger partial charge in [0.25, 0.3) is 6.43 Å². The zero-order valence-electron chi connectivity index (χ0n) is 7.43. The molecule has 1 aromatic rings. The molecule has 0 aliphatic carbocycles. The molecular weight excluding hydrogens is 235 g/mol. The SMILES string of the molecule is COC(=O)c1cnc(Cl)c(C(F)F)c1F. The third-order valence-corrected chi connectivity index (χ3v) is 1.93. The molecule has 0 unspecified atom stereocenters. The molecule has 3 nitrogen and oxygen atoms in total. The third-order valence-electron chi connectivity index (χ3n) is 1.63. The molecule has 0 aliphatic rings. The number of rotatable bonds is 2. The molecule has 1 aromatic heterocycles. The van der Waals surface area contributed by atoms with Crippen molar-refractivity contribution < 1.29 is 22.7 Å². The predicted octanol–water partition coefficient (Wildman–Crippen LogP) is 2.60. The van der Waals surface area contributed by atoms with Crippen LogP contribution in [0.5, 0.6) is 0 Å². The highest BCUT2D eigenvalue weighted by Crippen LogP contribution is 2.29. The molecule has 1 rings (SSSR count). The molecular formula is C8H5ClF3NO2. The number of alkyl halides is 2. The third kappa shape index (κ3) is 2.20. The average molecular weight is 240 g/mol. The molecule has 0 aliphatic heterocycles. The van der Waals surface area contributed by atoms with Gasteiger partial charge in [-0.25, -0.2) is 22.9 Å². The number of carbonyl (C=O) groups is 1. The average Bonchev–Trinajstić information content (AvgIpc) is 2.16. The van der Waals surface area contributed by atoms with Crippen LogP contribution in [0.3, 0.4) is 0 Å². The first-order chi connectivity index (χ1) is 6.99. The van der Waals surface area contributed by atoms with E-state index in [0.717, 1.165) is 13.3 Å². The fourth-order valence-electron chi connectivity index (χ4n) is 0.921. The molecule has 0 aromatic carbocycles. The van der Waals surface area contributed by atoms with Crippen LogP contribution in [0.25, 0.3) is 0 Å². The minimum Gasteiger partial charge on any atom is -0.465 e. The van der Waals surface area contributed by atoms with Crippen LogP contribution in [0.1, 0.15) is 22.3 Å².